The fourth-order valence-electron chi connectivity index (χ4n) is 3.84. The minimum Gasteiger partial charge on any atom is -0.491 e. The molecule has 168 valence electrons. The van der Waals surface area contributed by atoms with Crippen LogP contribution in [0, 0.1) is 11.8 Å². The van der Waals surface area contributed by atoms with E-state index in [1.54, 1.807) is 13.1 Å². The van der Waals surface area contributed by atoms with E-state index in [1.165, 1.54) is 24.0 Å². The lowest BCUT2D eigenvalue weighted by atomic mass is 10.0. The van der Waals surface area contributed by atoms with E-state index in [9.17, 15) is 27.9 Å². The fourth-order valence-corrected chi connectivity index (χ4v) is 3.84. The van der Waals surface area contributed by atoms with Crippen molar-refractivity contribution in [3.8, 4) is 23.3 Å². The molecule has 0 spiro atoms. The van der Waals surface area contributed by atoms with Gasteiger partial charge in [0.25, 0.3) is 11.8 Å². The smallest absolute Gasteiger partial charge is 0.420 e. The number of aliphatic hydroxyl groups is 1. The molecule has 2 amide bonds. The zero-order valence-corrected chi connectivity index (χ0v) is 17.2. The molecule has 0 radical (unpaired) electrons. The quantitative estimate of drug-likeness (QED) is 0.642. The van der Waals surface area contributed by atoms with Crippen LogP contribution in [-0.2, 0) is 11.0 Å². The third-order valence-electron chi connectivity index (χ3n) is 5.50. The molecular weight excluding hydrogens is 429 g/mol. The largest absolute Gasteiger partial charge is 0.491 e. The highest BCUT2D eigenvalue weighted by Crippen LogP contribution is 2.41. The molecule has 0 saturated carbocycles. The standard InChI is InChI=1S/C21H19F3N4O4/c1-11-10-32-14-4-3-12(5-6-20(31)7-8-27(2)19(20)30)9-13(14)28-17(11)15(21(22,23)24)16(26-28)18(25)29/h3-4,9,11,31H,7-8,10H2,1-2H3,(H2,25,29)/t11?,20-/m0/s1. The molecule has 1 aromatic carbocycles. The van der Waals surface area contributed by atoms with E-state index in [4.69, 9.17) is 10.5 Å². The number of nitrogens with two attached hydrogens (primary N) is 1. The number of carbonyl (C=O) groups is 2. The maximum Gasteiger partial charge on any atom is 0.420 e. The number of carbonyl (C=O) groups excluding carboxylic acids is 2. The summed E-state index contributed by atoms with van der Waals surface area (Å²) in [6.07, 6.45) is -4.71. The molecule has 1 saturated heterocycles. The van der Waals surface area contributed by atoms with Gasteiger partial charge in [0.05, 0.1) is 12.3 Å². The summed E-state index contributed by atoms with van der Waals surface area (Å²) in [5.41, 5.74) is 1.48. The van der Waals surface area contributed by atoms with Crippen LogP contribution < -0.4 is 10.5 Å². The second-order valence-electron chi connectivity index (χ2n) is 7.86. The first-order valence-corrected chi connectivity index (χ1v) is 9.70. The van der Waals surface area contributed by atoms with Crippen LogP contribution in [0.2, 0.25) is 0 Å². The van der Waals surface area contributed by atoms with Crippen LogP contribution in [0.3, 0.4) is 0 Å². The first-order valence-electron chi connectivity index (χ1n) is 9.70. The molecule has 2 aliphatic heterocycles. The van der Waals surface area contributed by atoms with Crippen molar-refractivity contribution in [2.24, 2.45) is 5.73 Å². The Kier molecular flexibility index (Phi) is 4.93. The van der Waals surface area contributed by atoms with Gasteiger partial charge < -0.3 is 20.5 Å². The van der Waals surface area contributed by atoms with Crippen molar-refractivity contribution in [3.05, 3.63) is 40.7 Å². The molecule has 8 nitrogen and oxygen atoms in total. The monoisotopic (exact) mass is 448 g/mol. The summed E-state index contributed by atoms with van der Waals surface area (Å²) in [5.74, 6) is 2.94. The number of ether oxygens (including phenoxy) is 1. The number of alkyl halides is 3. The van der Waals surface area contributed by atoms with E-state index in [0.29, 0.717) is 12.1 Å². The van der Waals surface area contributed by atoms with E-state index in [0.717, 1.165) is 4.68 Å². The van der Waals surface area contributed by atoms with Crippen LogP contribution in [0.1, 0.15) is 46.6 Å². The Balaban J connectivity index is 1.86. The van der Waals surface area contributed by atoms with Gasteiger partial charge in [0.2, 0.25) is 5.60 Å². The van der Waals surface area contributed by atoms with E-state index >= 15 is 0 Å². The molecular formula is C21H19F3N4O4. The third-order valence-corrected chi connectivity index (χ3v) is 5.50. The average Bonchev–Trinajstić information content (AvgIpc) is 3.21. The number of likely N-dealkylation sites (tertiary alicyclic amines) is 1. The van der Waals surface area contributed by atoms with Crippen molar-refractivity contribution in [1.29, 1.82) is 0 Å². The average molecular weight is 448 g/mol. The van der Waals surface area contributed by atoms with Crippen LogP contribution in [0.5, 0.6) is 5.75 Å². The van der Waals surface area contributed by atoms with Gasteiger partial charge in [-0.15, -0.1) is 0 Å². The van der Waals surface area contributed by atoms with E-state index in [2.05, 4.69) is 16.9 Å². The number of primary amides is 1. The first kappa shape index (κ1) is 21.7. The van der Waals surface area contributed by atoms with Gasteiger partial charge in [-0.3, -0.25) is 9.59 Å². The molecule has 1 fully saturated rings. The molecule has 2 aliphatic rings. The lowest BCUT2D eigenvalue weighted by molar-refractivity contribution is -0.139. The summed E-state index contributed by atoms with van der Waals surface area (Å²) < 4.78 is 48.1. The minimum atomic E-state index is -4.85. The Labute approximate surface area is 180 Å². The summed E-state index contributed by atoms with van der Waals surface area (Å²) in [6.45, 7) is 1.80. The van der Waals surface area contributed by atoms with Crippen molar-refractivity contribution < 1.29 is 32.6 Å². The SMILES string of the molecule is CC1COc2ccc(C#C[C@]3(O)CCN(C)C3=O)cc2-n2nc(C(N)=O)c(C(F)(F)F)c21. The number of benzene rings is 1. The van der Waals surface area contributed by atoms with Gasteiger partial charge in [0.15, 0.2) is 5.69 Å². The molecule has 2 aromatic rings. The summed E-state index contributed by atoms with van der Waals surface area (Å²) in [6, 6.07) is 4.48. The van der Waals surface area contributed by atoms with Crippen molar-refractivity contribution in [2.45, 2.75) is 31.0 Å². The Morgan fingerprint density at radius 2 is 2.12 bits per heavy atom. The van der Waals surface area contributed by atoms with Crippen molar-refractivity contribution in [3.63, 3.8) is 0 Å². The van der Waals surface area contributed by atoms with Crippen LogP contribution >= 0.6 is 0 Å². The summed E-state index contributed by atoms with van der Waals surface area (Å²) in [7, 11) is 1.55. The van der Waals surface area contributed by atoms with Gasteiger partial charge in [-0.05, 0) is 18.2 Å². The summed E-state index contributed by atoms with van der Waals surface area (Å²) in [5, 5.41) is 14.3. The number of nitrogens with zero attached hydrogens (tertiary/aromatic N) is 3. The van der Waals surface area contributed by atoms with Crippen LogP contribution in [0.4, 0.5) is 13.2 Å². The summed E-state index contributed by atoms with van der Waals surface area (Å²) in [4.78, 5) is 25.2. The highest BCUT2D eigenvalue weighted by molar-refractivity contribution is 5.93. The zero-order valence-electron chi connectivity index (χ0n) is 17.2. The van der Waals surface area contributed by atoms with Gasteiger partial charge in [-0.25, -0.2) is 4.68 Å². The molecule has 1 aromatic heterocycles. The van der Waals surface area contributed by atoms with Crippen LogP contribution in [-0.4, -0.2) is 57.4 Å². The first-order chi connectivity index (χ1) is 14.9. The van der Waals surface area contributed by atoms with Crippen LogP contribution in [0.25, 0.3) is 5.69 Å². The lowest BCUT2D eigenvalue weighted by Crippen LogP contribution is -2.37. The Morgan fingerprint density at radius 1 is 1.41 bits per heavy atom. The minimum absolute atomic E-state index is 0.0778. The van der Waals surface area contributed by atoms with Gasteiger partial charge >= 0.3 is 6.18 Å². The topological polar surface area (TPSA) is 111 Å². The molecule has 11 heteroatoms. The predicted molar refractivity (Wildman–Crippen MR) is 105 cm³/mol. The molecule has 4 rings (SSSR count). The zero-order chi connectivity index (χ0) is 23.4. The maximum absolute atomic E-state index is 13.8. The Hall–Kier alpha value is -3.52. The van der Waals surface area contributed by atoms with Crippen molar-refractivity contribution in [1.82, 2.24) is 14.7 Å². The number of halogens is 3. The molecule has 2 atom stereocenters. The molecule has 32 heavy (non-hydrogen) atoms. The Bertz CT molecular complexity index is 1190. The van der Waals surface area contributed by atoms with E-state index in [-0.39, 0.29) is 30.2 Å². The van der Waals surface area contributed by atoms with Crippen molar-refractivity contribution >= 4 is 11.8 Å². The van der Waals surface area contributed by atoms with E-state index < -0.39 is 40.8 Å². The fraction of sp³-hybridized carbons (Fsp3) is 0.381. The van der Waals surface area contributed by atoms with Gasteiger partial charge in [-0.2, -0.15) is 18.3 Å². The van der Waals surface area contributed by atoms with Gasteiger partial charge in [0, 0.05) is 31.5 Å². The highest BCUT2D eigenvalue weighted by Gasteiger charge is 2.44. The molecule has 0 bridgehead atoms. The normalized spacial score (nSPS) is 22.4. The number of amides is 2. The summed E-state index contributed by atoms with van der Waals surface area (Å²) >= 11 is 0. The van der Waals surface area contributed by atoms with Gasteiger partial charge in [-0.1, -0.05) is 18.8 Å². The number of hydrogen-bond donors (Lipinski definition) is 2. The van der Waals surface area contributed by atoms with Gasteiger partial charge in [0.1, 0.15) is 17.0 Å². The third kappa shape index (κ3) is 3.46. The lowest BCUT2D eigenvalue weighted by Gasteiger charge is -2.14. The molecule has 0 aliphatic carbocycles. The maximum atomic E-state index is 13.8. The van der Waals surface area contributed by atoms with E-state index in [1.807, 2.05) is 0 Å². The Morgan fingerprint density at radius 3 is 2.72 bits per heavy atom. The number of likely N-dealkylation sites (N-methyl/N-ethyl adjacent to an activating group) is 1. The second kappa shape index (κ2) is 7.27. The predicted octanol–water partition coefficient (Wildman–Crippen LogP) is 1.43. The second-order valence-corrected chi connectivity index (χ2v) is 7.86. The number of rotatable bonds is 1. The molecule has 3 N–H and O–H groups in total. The van der Waals surface area contributed by atoms with Crippen molar-refractivity contribution in [2.75, 3.05) is 20.2 Å². The number of aromatic nitrogens is 2. The molecule has 1 unspecified atom stereocenters. The molecule has 3 heterocycles. The highest BCUT2D eigenvalue weighted by atomic mass is 19.4. The number of fused-ring (bicyclic) bond motifs is 3. The number of hydrogen-bond acceptors (Lipinski definition) is 5. The van der Waals surface area contributed by atoms with Crippen LogP contribution in [0.15, 0.2) is 18.2 Å².